The second kappa shape index (κ2) is 7.70. The molecule has 2 aromatic rings. The molecule has 12 heteroatoms. The fourth-order valence-corrected chi connectivity index (χ4v) is 2.55. The normalized spacial score (nSPS) is 12.1. The van der Waals surface area contributed by atoms with Gasteiger partial charge in [0.05, 0.1) is 17.0 Å². The molecule has 26 heavy (non-hydrogen) atoms. The molecule has 0 atom stereocenters. The van der Waals surface area contributed by atoms with Gasteiger partial charge in [-0.25, -0.2) is 9.97 Å². The third-order valence-electron chi connectivity index (χ3n) is 2.82. The third kappa shape index (κ3) is 5.49. The summed E-state index contributed by atoms with van der Waals surface area (Å²) in [7, 11) is 0. The predicted molar refractivity (Wildman–Crippen MR) is 82.8 cm³/mol. The van der Waals surface area contributed by atoms with Crippen molar-refractivity contribution in [1.82, 2.24) is 9.97 Å². The molecule has 0 fully saturated rings. The van der Waals surface area contributed by atoms with Gasteiger partial charge in [-0.1, -0.05) is 23.4 Å². The molecule has 0 aliphatic heterocycles. The van der Waals surface area contributed by atoms with E-state index in [1.807, 2.05) is 5.32 Å². The van der Waals surface area contributed by atoms with Gasteiger partial charge in [-0.05, 0) is 24.3 Å². The van der Waals surface area contributed by atoms with Crippen LogP contribution < -0.4 is 5.32 Å². The number of aromatic nitrogens is 2. The zero-order valence-corrected chi connectivity index (χ0v) is 14.0. The summed E-state index contributed by atoms with van der Waals surface area (Å²) in [6.07, 6.45) is -8.55. The number of anilines is 1. The van der Waals surface area contributed by atoms with E-state index in [0.29, 0.717) is 23.9 Å². The maximum absolute atomic E-state index is 12.9. The van der Waals surface area contributed by atoms with E-state index in [4.69, 9.17) is 11.6 Å². The molecule has 1 N–H and O–H groups in total. The van der Waals surface area contributed by atoms with E-state index in [1.54, 1.807) is 0 Å². The van der Waals surface area contributed by atoms with E-state index >= 15 is 0 Å². The number of alkyl halides is 6. The first kappa shape index (κ1) is 20.3. The predicted octanol–water partition coefficient (Wildman–Crippen LogP) is 4.90. The van der Waals surface area contributed by atoms with Crippen molar-refractivity contribution in [2.45, 2.75) is 17.5 Å². The molecule has 0 aliphatic rings. The van der Waals surface area contributed by atoms with Crippen molar-refractivity contribution in [2.24, 2.45) is 0 Å². The van der Waals surface area contributed by atoms with Crippen molar-refractivity contribution in [1.29, 1.82) is 0 Å². The molecule has 0 radical (unpaired) electrons. The SMILES string of the molecule is O=C(CSc1nccc(C(F)(F)F)n1)Nc1ccc(Cl)cc1C(F)(F)F. The second-order valence-corrected chi connectivity index (χ2v) is 6.13. The highest BCUT2D eigenvalue weighted by Gasteiger charge is 2.34. The molecule has 0 unspecified atom stereocenters. The van der Waals surface area contributed by atoms with Crippen LogP contribution in [0.2, 0.25) is 5.02 Å². The quantitative estimate of drug-likeness (QED) is 0.438. The largest absolute Gasteiger partial charge is 0.433 e. The van der Waals surface area contributed by atoms with Gasteiger partial charge >= 0.3 is 12.4 Å². The Hall–Kier alpha value is -2.01. The number of carbonyl (C=O) groups is 1. The van der Waals surface area contributed by atoms with Gasteiger partial charge in [0.25, 0.3) is 0 Å². The fourth-order valence-electron chi connectivity index (χ4n) is 1.74. The summed E-state index contributed by atoms with van der Waals surface area (Å²) in [5.74, 6) is -1.36. The van der Waals surface area contributed by atoms with Crippen molar-refractivity contribution in [3.05, 3.63) is 46.7 Å². The highest BCUT2D eigenvalue weighted by Crippen LogP contribution is 2.36. The Morgan fingerprint density at radius 3 is 2.42 bits per heavy atom. The van der Waals surface area contributed by atoms with Crippen LogP contribution in [0.25, 0.3) is 0 Å². The molecule has 0 aliphatic carbocycles. The lowest BCUT2D eigenvalue weighted by atomic mass is 10.1. The minimum Gasteiger partial charge on any atom is -0.325 e. The average Bonchev–Trinajstić information content (AvgIpc) is 2.53. The third-order valence-corrected chi connectivity index (χ3v) is 3.91. The number of nitrogens with one attached hydrogen (secondary N) is 1. The van der Waals surface area contributed by atoms with Crippen molar-refractivity contribution < 1.29 is 31.1 Å². The van der Waals surface area contributed by atoms with Crippen LogP contribution in [0.3, 0.4) is 0 Å². The average molecular weight is 416 g/mol. The van der Waals surface area contributed by atoms with E-state index in [1.165, 1.54) is 0 Å². The van der Waals surface area contributed by atoms with Crippen LogP contribution in [-0.2, 0) is 17.1 Å². The Kier molecular flexibility index (Phi) is 6.02. The minimum atomic E-state index is -4.75. The summed E-state index contributed by atoms with van der Waals surface area (Å²) < 4.78 is 76.5. The van der Waals surface area contributed by atoms with E-state index in [-0.39, 0.29) is 10.2 Å². The van der Waals surface area contributed by atoms with Gasteiger partial charge in [0.15, 0.2) is 5.16 Å². The number of hydrogen-bond acceptors (Lipinski definition) is 4. The number of nitrogens with zero attached hydrogens (tertiary/aromatic N) is 2. The molecule has 1 heterocycles. The van der Waals surface area contributed by atoms with Gasteiger partial charge in [-0.2, -0.15) is 26.3 Å². The van der Waals surface area contributed by atoms with Crippen molar-refractivity contribution in [3.8, 4) is 0 Å². The molecule has 1 aromatic heterocycles. The van der Waals surface area contributed by atoms with Crippen LogP contribution in [-0.4, -0.2) is 21.6 Å². The molecule has 0 bridgehead atoms. The number of benzene rings is 1. The Labute approximate surface area is 152 Å². The molecule has 0 saturated heterocycles. The number of amides is 1. The first-order chi connectivity index (χ1) is 12.0. The van der Waals surface area contributed by atoms with E-state index in [2.05, 4.69) is 9.97 Å². The summed E-state index contributed by atoms with van der Waals surface area (Å²) in [5.41, 5.74) is -2.84. The number of carbonyl (C=O) groups excluding carboxylic acids is 1. The smallest absolute Gasteiger partial charge is 0.325 e. The molecule has 0 spiro atoms. The summed E-state index contributed by atoms with van der Waals surface area (Å²) in [5, 5.41) is 1.55. The van der Waals surface area contributed by atoms with Crippen molar-refractivity contribution in [3.63, 3.8) is 0 Å². The minimum absolute atomic E-state index is 0.165. The lowest BCUT2D eigenvalue weighted by Crippen LogP contribution is -2.18. The maximum Gasteiger partial charge on any atom is 0.433 e. The fraction of sp³-hybridized carbons (Fsp3) is 0.214. The van der Waals surface area contributed by atoms with Gasteiger partial charge in [0, 0.05) is 11.2 Å². The number of rotatable bonds is 4. The Balaban J connectivity index is 2.07. The van der Waals surface area contributed by atoms with E-state index in [9.17, 15) is 31.1 Å². The first-order valence-electron chi connectivity index (χ1n) is 6.66. The highest BCUT2D eigenvalue weighted by atomic mass is 35.5. The number of halogens is 7. The van der Waals surface area contributed by atoms with Gasteiger partial charge in [0.2, 0.25) is 5.91 Å². The Morgan fingerprint density at radius 1 is 1.12 bits per heavy atom. The van der Waals surface area contributed by atoms with Gasteiger partial charge < -0.3 is 5.32 Å². The highest BCUT2D eigenvalue weighted by molar-refractivity contribution is 7.99. The van der Waals surface area contributed by atoms with Gasteiger partial charge in [0.1, 0.15) is 5.69 Å². The first-order valence-corrected chi connectivity index (χ1v) is 8.03. The van der Waals surface area contributed by atoms with Crippen LogP contribution in [0.4, 0.5) is 32.0 Å². The molecule has 4 nitrogen and oxygen atoms in total. The maximum atomic E-state index is 12.9. The lowest BCUT2D eigenvalue weighted by molar-refractivity contribution is -0.141. The lowest BCUT2D eigenvalue weighted by Gasteiger charge is -2.14. The van der Waals surface area contributed by atoms with Crippen LogP contribution in [0.5, 0.6) is 0 Å². The second-order valence-electron chi connectivity index (χ2n) is 4.75. The van der Waals surface area contributed by atoms with Crippen LogP contribution in [0.1, 0.15) is 11.3 Å². The standard InChI is InChI=1S/C14H8ClF6N3OS/c15-7-1-2-9(8(5-7)13(16,17)18)23-11(25)6-26-12-22-4-3-10(24-12)14(19,20)21/h1-5H,6H2,(H,23,25). The van der Waals surface area contributed by atoms with Crippen LogP contribution in [0.15, 0.2) is 35.6 Å². The zero-order valence-electron chi connectivity index (χ0n) is 12.5. The van der Waals surface area contributed by atoms with E-state index in [0.717, 1.165) is 18.3 Å². The summed E-state index contributed by atoms with van der Waals surface area (Å²) in [6, 6.07) is 3.46. The van der Waals surface area contributed by atoms with Gasteiger partial charge in [-0.15, -0.1) is 0 Å². The molecular weight excluding hydrogens is 408 g/mol. The molecular formula is C14H8ClF6N3OS. The molecule has 140 valence electrons. The summed E-state index contributed by atoms with van der Waals surface area (Å²) in [6.45, 7) is 0. The summed E-state index contributed by atoms with van der Waals surface area (Å²) in [4.78, 5) is 18.6. The van der Waals surface area contributed by atoms with Crippen molar-refractivity contribution in [2.75, 3.05) is 11.1 Å². The monoisotopic (exact) mass is 415 g/mol. The molecule has 1 aromatic carbocycles. The molecule has 0 saturated carbocycles. The zero-order chi connectivity index (χ0) is 19.5. The topological polar surface area (TPSA) is 54.9 Å². The van der Waals surface area contributed by atoms with E-state index < -0.39 is 41.0 Å². The van der Waals surface area contributed by atoms with Gasteiger partial charge in [-0.3, -0.25) is 4.79 Å². The van der Waals surface area contributed by atoms with Crippen LogP contribution >= 0.6 is 23.4 Å². The molecule has 1 amide bonds. The van der Waals surface area contributed by atoms with Crippen molar-refractivity contribution >= 4 is 35.0 Å². The number of thioether (sulfide) groups is 1. The summed E-state index contributed by atoms with van der Waals surface area (Å²) >= 11 is 6.08. The number of hydrogen-bond donors (Lipinski definition) is 1. The Bertz CT molecular complexity index is 812. The Morgan fingerprint density at radius 2 is 1.81 bits per heavy atom. The van der Waals surface area contributed by atoms with Crippen LogP contribution in [0, 0.1) is 0 Å². The molecule has 2 rings (SSSR count).